The number of ether oxygens (including phenoxy) is 1. The summed E-state index contributed by atoms with van der Waals surface area (Å²) in [5.41, 5.74) is 0.487. The molecule has 1 N–H and O–H groups in total. The third-order valence-electron chi connectivity index (χ3n) is 1.96. The second-order valence-electron chi connectivity index (χ2n) is 2.96. The van der Waals surface area contributed by atoms with Crippen molar-refractivity contribution in [1.29, 1.82) is 0 Å². The Bertz CT molecular complexity index is 482. The number of methoxy groups -OCH3 is 1. The lowest BCUT2D eigenvalue weighted by Crippen LogP contribution is -1.97. The average Bonchev–Trinajstić information content (AvgIpc) is 2.65. The lowest BCUT2D eigenvalue weighted by atomic mass is 10.3. The van der Waals surface area contributed by atoms with E-state index in [4.69, 9.17) is 4.74 Å². The van der Waals surface area contributed by atoms with Gasteiger partial charge in [0, 0.05) is 6.07 Å². The van der Waals surface area contributed by atoms with Gasteiger partial charge in [-0.15, -0.1) is 0 Å². The first-order valence-electron chi connectivity index (χ1n) is 4.28. The van der Waals surface area contributed by atoms with Gasteiger partial charge in [0.2, 0.25) is 0 Å². The van der Waals surface area contributed by atoms with Crippen LogP contribution < -0.4 is 4.74 Å². The molecule has 78 valence electrons. The number of halogens is 1. The average molecular weight is 208 g/mol. The van der Waals surface area contributed by atoms with Crippen molar-refractivity contribution in [2.75, 3.05) is 7.11 Å². The smallest absolute Gasteiger partial charge is 0.161 e. The fourth-order valence-electron chi connectivity index (χ4n) is 1.29. The predicted molar refractivity (Wildman–Crippen MR) is 51.7 cm³/mol. The number of aromatic nitrogens is 2. The molecule has 1 aromatic heterocycles. The summed E-state index contributed by atoms with van der Waals surface area (Å²) in [4.78, 5) is 0. The monoisotopic (exact) mass is 208 g/mol. The second kappa shape index (κ2) is 3.61. The van der Waals surface area contributed by atoms with Crippen LogP contribution in [0.5, 0.6) is 11.5 Å². The minimum absolute atomic E-state index is 0.0710. The highest BCUT2D eigenvalue weighted by Gasteiger charge is 2.07. The van der Waals surface area contributed by atoms with Crippen LogP contribution in [0.4, 0.5) is 4.39 Å². The lowest BCUT2D eigenvalue weighted by molar-refractivity contribution is 0.409. The van der Waals surface area contributed by atoms with Gasteiger partial charge in [-0.1, -0.05) is 0 Å². The lowest BCUT2D eigenvalue weighted by Gasteiger charge is -2.08. The summed E-state index contributed by atoms with van der Waals surface area (Å²) < 4.78 is 19.1. The van der Waals surface area contributed by atoms with Crippen molar-refractivity contribution in [2.45, 2.75) is 0 Å². The summed E-state index contributed by atoms with van der Waals surface area (Å²) in [5.74, 6) is 0.137. The fraction of sp³-hybridized carbons (Fsp3) is 0.100. The number of hydrogen-bond acceptors (Lipinski definition) is 3. The Kier molecular flexibility index (Phi) is 2.29. The molecule has 0 radical (unpaired) electrons. The van der Waals surface area contributed by atoms with Crippen molar-refractivity contribution in [3.8, 4) is 17.2 Å². The van der Waals surface area contributed by atoms with E-state index in [0.29, 0.717) is 11.4 Å². The molecule has 0 bridgehead atoms. The van der Waals surface area contributed by atoms with Gasteiger partial charge < -0.3 is 9.84 Å². The molecule has 0 aliphatic heterocycles. The summed E-state index contributed by atoms with van der Waals surface area (Å²) in [7, 11) is 1.50. The molecule has 0 aliphatic carbocycles. The standard InChI is InChI=1S/C10H9FN2O2/c1-15-10-3-2-8(14)4-9(10)13-6-7(11)5-12-13/h2-6,14H,1H3. The summed E-state index contributed by atoms with van der Waals surface area (Å²) in [5, 5.41) is 13.1. The van der Waals surface area contributed by atoms with Gasteiger partial charge >= 0.3 is 0 Å². The molecule has 1 heterocycles. The molecule has 5 heteroatoms. The minimum atomic E-state index is -0.444. The zero-order valence-corrected chi connectivity index (χ0v) is 8.01. The van der Waals surface area contributed by atoms with Crippen molar-refractivity contribution in [1.82, 2.24) is 9.78 Å². The first-order chi connectivity index (χ1) is 7.20. The molecule has 0 amide bonds. The Morgan fingerprint density at radius 2 is 2.27 bits per heavy atom. The summed E-state index contributed by atoms with van der Waals surface area (Å²) in [6, 6.07) is 4.53. The Morgan fingerprint density at radius 1 is 1.47 bits per heavy atom. The number of phenols is 1. The van der Waals surface area contributed by atoms with E-state index in [0.717, 1.165) is 6.20 Å². The molecule has 2 rings (SSSR count). The summed E-state index contributed by atoms with van der Waals surface area (Å²) >= 11 is 0. The van der Waals surface area contributed by atoms with Crippen LogP contribution in [0.25, 0.3) is 5.69 Å². The van der Waals surface area contributed by atoms with E-state index in [9.17, 15) is 9.50 Å². The zero-order chi connectivity index (χ0) is 10.8. The Labute approximate surface area is 85.5 Å². The fourth-order valence-corrected chi connectivity index (χ4v) is 1.29. The van der Waals surface area contributed by atoms with Crippen LogP contribution >= 0.6 is 0 Å². The van der Waals surface area contributed by atoms with E-state index in [1.54, 1.807) is 6.07 Å². The van der Waals surface area contributed by atoms with Gasteiger partial charge in [0.1, 0.15) is 17.2 Å². The zero-order valence-electron chi connectivity index (χ0n) is 8.01. The van der Waals surface area contributed by atoms with Gasteiger partial charge in [-0.3, -0.25) is 0 Å². The van der Waals surface area contributed by atoms with E-state index in [-0.39, 0.29) is 5.75 Å². The third kappa shape index (κ3) is 1.76. The van der Waals surface area contributed by atoms with Gasteiger partial charge in [-0.05, 0) is 12.1 Å². The molecule has 0 atom stereocenters. The molecule has 0 spiro atoms. The van der Waals surface area contributed by atoms with Gasteiger partial charge in [-0.25, -0.2) is 9.07 Å². The van der Waals surface area contributed by atoms with Crippen LogP contribution in [0, 0.1) is 5.82 Å². The highest BCUT2D eigenvalue weighted by atomic mass is 19.1. The van der Waals surface area contributed by atoms with Crippen molar-refractivity contribution < 1.29 is 14.2 Å². The summed E-state index contributed by atoms with van der Waals surface area (Å²) in [6.45, 7) is 0. The summed E-state index contributed by atoms with van der Waals surface area (Å²) in [6.07, 6.45) is 2.29. The molecular weight excluding hydrogens is 199 g/mol. The number of nitrogens with zero attached hydrogens (tertiary/aromatic N) is 2. The van der Waals surface area contributed by atoms with Gasteiger partial charge in [-0.2, -0.15) is 5.10 Å². The number of aromatic hydroxyl groups is 1. The SMILES string of the molecule is COc1ccc(O)cc1-n1cc(F)cn1. The van der Waals surface area contributed by atoms with E-state index in [2.05, 4.69) is 5.10 Å². The first kappa shape index (κ1) is 9.51. The Morgan fingerprint density at radius 3 is 2.87 bits per heavy atom. The molecule has 1 aromatic carbocycles. The van der Waals surface area contributed by atoms with Crippen molar-refractivity contribution in [3.05, 3.63) is 36.4 Å². The number of hydrogen-bond donors (Lipinski definition) is 1. The molecule has 2 aromatic rings. The maximum Gasteiger partial charge on any atom is 0.161 e. The largest absolute Gasteiger partial charge is 0.508 e. The molecule has 4 nitrogen and oxygen atoms in total. The Balaban J connectivity index is 2.55. The van der Waals surface area contributed by atoms with Crippen LogP contribution in [0.3, 0.4) is 0 Å². The van der Waals surface area contributed by atoms with Gasteiger partial charge in [0.05, 0.1) is 19.5 Å². The molecular formula is C10H9FN2O2. The number of benzene rings is 1. The van der Waals surface area contributed by atoms with Crippen molar-refractivity contribution >= 4 is 0 Å². The molecule has 0 saturated heterocycles. The van der Waals surface area contributed by atoms with Gasteiger partial charge in [0.25, 0.3) is 0 Å². The maximum atomic E-state index is 12.8. The van der Waals surface area contributed by atoms with Crippen LogP contribution in [0.15, 0.2) is 30.6 Å². The van der Waals surface area contributed by atoms with Crippen molar-refractivity contribution in [2.24, 2.45) is 0 Å². The number of phenolic OH excluding ortho intramolecular Hbond substituents is 1. The van der Waals surface area contributed by atoms with Gasteiger partial charge in [0.15, 0.2) is 5.82 Å². The highest BCUT2D eigenvalue weighted by Crippen LogP contribution is 2.26. The third-order valence-corrected chi connectivity index (χ3v) is 1.96. The maximum absolute atomic E-state index is 12.8. The molecule has 0 unspecified atom stereocenters. The number of rotatable bonds is 2. The Hall–Kier alpha value is -2.04. The van der Waals surface area contributed by atoms with E-state index >= 15 is 0 Å². The minimum Gasteiger partial charge on any atom is -0.508 e. The van der Waals surface area contributed by atoms with Crippen molar-refractivity contribution in [3.63, 3.8) is 0 Å². The van der Waals surface area contributed by atoms with Crippen LogP contribution in [-0.4, -0.2) is 22.0 Å². The molecule has 0 fully saturated rings. The van der Waals surface area contributed by atoms with Crippen LogP contribution in [-0.2, 0) is 0 Å². The van der Waals surface area contributed by atoms with E-state index in [1.165, 1.54) is 30.1 Å². The predicted octanol–water partition coefficient (Wildman–Crippen LogP) is 1.73. The molecule has 0 saturated carbocycles. The quantitative estimate of drug-likeness (QED) is 0.817. The van der Waals surface area contributed by atoms with Crippen LogP contribution in [0.2, 0.25) is 0 Å². The normalized spacial score (nSPS) is 10.3. The van der Waals surface area contributed by atoms with Crippen LogP contribution in [0.1, 0.15) is 0 Å². The van der Waals surface area contributed by atoms with E-state index in [1.807, 2.05) is 0 Å². The highest BCUT2D eigenvalue weighted by molar-refractivity contribution is 5.50. The molecule has 0 aliphatic rings. The first-order valence-corrected chi connectivity index (χ1v) is 4.28. The second-order valence-corrected chi connectivity index (χ2v) is 2.96. The molecule has 15 heavy (non-hydrogen) atoms. The topological polar surface area (TPSA) is 47.3 Å². The van der Waals surface area contributed by atoms with E-state index < -0.39 is 5.82 Å².